The summed E-state index contributed by atoms with van der Waals surface area (Å²) in [6.45, 7) is 2.20. The van der Waals surface area contributed by atoms with Gasteiger partial charge in [-0.25, -0.2) is 0 Å². The molecular formula is C23H25F5N4O3. The molecule has 1 fully saturated rings. The lowest BCUT2D eigenvalue weighted by atomic mass is 9.95. The van der Waals surface area contributed by atoms with Crippen LogP contribution in [0, 0.1) is 5.41 Å². The fraction of sp³-hybridized carbons (Fsp3) is 0.435. The summed E-state index contributed by atoms with van der Waals surface area (Å²) >= 11 is 0. The maximum Gasteiger partial charge on any atom is 0.433 e. The van der Waals surface area contributed by atoms with Crippen molar-refractivity contribution in [3.05, 3.63) is 58.9 Å². The molecule has 7 nitrogen and oxygen atoms in total. The van der Waals surface area contributed by atoms with Crippen LogP contribution in [0.5, 0.6) is 5.75 Å². The number of pyridine rings is 1. The molecule has 0 bridgehead atoms. The van der Waals surface area contributed by atoms with Crippen molar-refractivity contribution < 1.29 is 36.3 Å². The quantitative estimate of drug-likeness (QED) is 0.517. The first-order valence-electron chi connectivity index (χ1n) is 10.7. The van der Waals surface area contributed by atoms with Gasteiger partial charge < -0.3 is 15.4 Å². The Bertz CT molecular complexity index is 1070. The van der Waals surface area contributed by atoms with Crippen LogP contribution in [0.25, 0.3) is 0 Å². The summed E-state index contributed by atoms with van der Waals surface area (Å²) in [6.07, 6.45) is -4.68. The van der Waals surface area contributed by atoms with Gasteiger partial charge in [0.15, 0.2) is 0 Å². The first kappa shape index (κ1) is 26.3. The van der Waals surface area contributed by atoms with E-state index in [2.05, 4.69) is 25.7 Å². The van der Waals surface area contributed by atoms with Crippen LogP contribution in [0.3, 0.4) is 0 Å². The predicted molar refractivity (Wildman–Crippen MR) is 115 cm³/mol. The minimum Gasteiger partial charge on any atom is -0.434 e. The number of ether oxygens (including phenoxy) is 1. The lowest BCUT2D eigenvalue weighted by molar-refractivity contribution is -0.141. The van der Waals surface area contributed by atoms with Crippen molar-refractivity contribution in [2.75, 3.05) is 0 Å². The number of hydrogen-bond acceptors (Lipinski definition) is 5. The highest BCUT2D eigenvalue weighted by Gasteiger charge is 2.34. The van der Waals surface area contributed by atoms with Crippen LogP contribution in [0.1, 0.15) is 61.8 Å². The lowest BCUT2D eigenvalue weighted by Crippen LogP contribution is -2.47. The molecule has 0 radical (unpaired) electrons. The summed E-state index contributed by atoms with van der Waals surface area (Å²) in [6, 6.07) is 5.60. The van der Waals surface area contributed by atoms with Crippen molar-refractivity contribution in [3.8, 4) is 5.75 Å². The topological polar surface area (TPSA) is 92.4 Å². The molecule has 3 rings (SSSR count). The van der Waals surface area contributed by atoms with Gasteiger partial charge in [0.2, 0.25) is 11.8 Å². The SMILES string of the molecule is CC(C)(C)C(=O)NCc1ccc(OC(F)F)c(C2NC(=O)CC(c3ccc(C(F)(F)F)nc3)N2)c1. The Balaban J connectivity index is 1.87. The highest BCUT2D eigenvalue weighted by Crippen LogP contribution is 2.33. The molecule has 1 aromatic heterocycles. The molecule has 0 spiro atoms. The fourth-order valence-electron chi connectivity index (χ4n) is 3.45. The zero-order valence-corrected chi connectivity index (χ0v) is 19.2. The standard InChI is InChI=1S/C23H25F5N4O3/c1-22(2,3)20(34)30-10-12-4-6-16(35-21(24)25)14(8-12)19-31-15(9-18(33)32-19)13-5-7-17(29-11-13)23(26,27)28/h4-8,11,15,19,21,31H,9-10H2,1-3H3,(H,30,34)(H,32,33). The molecule has 2 aromatic rings. The van der Waals surface area contributed by atoms with E-state index in [9.17, 15) is 31.5 Å². The lowest BCUT2D eigenvalue weighted by Gasteiger charge is -2.33. The van der Waals surface area contributed by atoms with Crippen molar-refractivity contribution in [1.29, 1.82) is 0 Å². The third-order valence-electron chi connectivity index (χ3n) is 5.28. The molecule has 2 amide bonds. The van der Waals surface area contributed by atoms with E-state index in [0.717, 1.165) is 12.3 Å². The van der Waals surface area contributed by atoms with Gasteiger partial charge in [0.25, 0.3) is 0 Å². The van der Waals surface area contributed by atoms with Crippen LogP contribution < -0.4 is 20.7 Å². The van der Waals surface area contributed by atoms with Gasteiger partial charge in [-0.3, -0.25) is 19.9 Å². The second-order valence-corrected chi connectivity index (χ2v) is 9.08. The number of nitrogens with one attached hydrogen (secondary N) is 3. The first-order valence-corrected chi connectivity index (χ1v) is 10.7. The number of carbonyl (C=O) groups is 2. The van der Waals surface area contributed by atoms with Gasteiger partial charge in [-0.15, -0.1) is 0 Å². The van der Waals surface area contributed by atoms with Gasteiger partial charge in [0, 0.05) is 36.2 Å². The fourth-order valence-corrected chi connectivity index (χ4v) is 3.45. The van der Waals surface area contributed by atoms with Crippen LogP contribution in [0.4, 0.5) is 22.0 Å². The number of carbonyl (C=O) groups excluding carboxylic acids is 2. The van der Waals surface area contributed by atoms with Crippen LogP contribution >= 0.6 is 0 Å². The summed E-state index contributed by atoms with van der Waals surface area (Å²) in [5.41, 5.74) is -0.651. The van der Waals surface area contributed by atoms with Gasteiger partial charge in [0.1, 0.15) is 17.6 Å². The molecule has 0 saturated carbocycles. The molecule has 190 valence electrons. The maximum absolute atomic E-state index is 13.0. The van der Waals surface area contributed by atoms with E-state index in [1.54, 1.807) is 20.8 Å². The number of aromatic nitrogens is 1. The maximum atomic E-state index is 13.0. The Morgan fingerprint density at radius 2 is 1.91 bits per heavy atom. The highest BCUT2D eigenvalue weighted by molar-refractivity contribution is 5.81. The van der Waals surface area contributed by atoms with Gasteiger partial charge in [-0.05, 0) is 29.3 Å². The van der Waals surface area contributed by atoms with Crippen LogP contribution in [-0.2, 0) is 22.3 Å². The van der Waals surface area contributed by atoms with Crippen LogP contribution in [0.15, 0.2) is 36.5 Å². The average molecular weight is 500 g/mol. The molecule has 1 aromatic carbocycles. The summed E-state index contributed by atoms with van der Waals surface area (Å²) in [7, 11) is 0. The summed E-state index contributed by atoms with van der Waals surface area (Å²) in [4.78, 5) is 28.0. The Morgan fingerprint density at radius 1 is 1.20 bits per heavy atom. The molecule has 2 atom stereocenters. The largest absolute Gasteiger partial charge is 0.434 e. The van der Waals surface area contributed by atoms with Crippen molar-refractivity contribution in [3.63, 3.8) is 0 Å². The summed E-state index contributed by atoms with van der Waals surface area (Å²) in [5.74, 6) is -0.867. The van der Waals surface area contributed by atoms with Crippen molar-refractivity contribution in [2.24, 2.45) is 5.41 Å². The van der Waals surface area contributed by atoms with E-state index < -0.39 is 42.0 Å². The van der Waals surface area contributed by atoms with Gasteiger partial charge in [0.05, 0.1) is 0 Å². The number of nitrogens with zero attached hydrogens (tertiary/aromatic N) is 1. The minimum atomic E-state index is -4.61. The second kappa shape index (κ2) is 10.1. The average Bonchev–Trinajstić information content (AvgIpc) is 2.76. The number of rotatable bonds is 6. The molecule has 3 N–H and O–H groups in total. The molecule has 12 heteroatoms. The normalized spacial score (nSPS) is 18.8. The van der Waals surface area contributed by atoms with Crippen LogP contribution in [0.2, 0.25) is 0 Å². The predicted octanol–water partition coefficient (Wildman–Crippen LogP) is 4.21. The zero-order valence-electron chi connectivity index (χ0n) is 19.2. The third-order valence-corrected chi connectivity index (χ3v) is 5.28. The van der Waals surface area contributed by atoms with Crippen molar-refractivity contribution in [1.82, 2.24) is 20.9 Å². The Labute approximate surface area is 198 Å². The van der Waals surface area contributed by atoms with E-state index in [1.807, 2.05) is 0 Å². The van der Waals surface area contributed by atoms with Gasteiger partial charge in [-0.2, -0.15) is 22.0 Å². The highest BCUT2D eigenvalue weighted by atomic mass is 19.4. The van der Waals surface area contributed by atoms with E-state index >= 15 is 0 Å². The Hall–Kier alpha value is -3.28. The summed E-state index contributed by atoms with van der Waals surface area (Å²) in [5, 5.41) is 8.43. The molecule has 0 aliphatic carbocycles. The Kier molecular flexibility index (Phi) is 7.63. The number of amides is 2. The van der Waals surface area contributed by atoms with Gasteiger partial charge in [-0.1, -0.05) is 32.9 Å². The number of halogens is 5. The van der Waals surface area contributed by atoms with E-state index in [-0.39, 0.29) is 30.2 Å². The smallest absolute Gasteiger partial charge is 0.433 e. The third kappa shape index (κ3) is 6.87. The van der Waals surface area contributed by atoms with Crippen LogP contribution in [-0.4, -0.2) is 23.4 Å². The molecule has 1 aliphatic rings. The second-order valence-electron chi connectivity index (χ2n) is 9.08. The molecule has 1 saturated heterocycles. The Morgan fingerprint density at radius 3 is 2.49 bits per heavy atom. The number of hydrogen-bond donors (Lipinski definition) is 3. The molecule has 35 heavy (non-hydrogen) atoms. The van der Waals surface area contributed by atoms with Crippen molar-refractivity contribution in [2.45, 2.75) is 58.7 Å². The van der Waals surface area contributed by atoms with Crippen molar-refractivity contribution >= 4 is 11.8 Å². The summed E-state index contributed by atoms with van der Waals surface area (Å²) < 4.78 is 69.1. The monoisotopic (exact) mass is 500 g/mol. The molecular weight excluding hydrogens is 475 g/mol. The number of alkyl halides is 5. The minimum absolute atomic E-state index is 0.101. The van der Waals surface area contributed by atoms with E-state index in [0.29, 0.717) is 11.1 Å². The molecule has 1 aliphatic heterocycles. The van der Waals surface area contributed by atoms with Gasteiger partial charge >= 0.3 is 12.8 Å². The number of benzene rings is 1. The van der Waals surface area contributed by atoms with E-state index in [1.165, 1.54) is 24.3 Å². The molecule has 2 unspecified atom stereocenters. The zero-order chi connectivity index (χ0) is 26.0. The van der Waals surface area contributed by atoms with E-state index in [4.69, 9.17) is 0 Å². The molecule has 2 heterocycles. The first-order chi connectivity index (χ1) is 16.2.